The zero-order valence-electron chi connectivity index (χ0n) is 9.66. The molecule has 1 nitrogen and oxygen atoms in total. The van der Waals surface area contributed by atoms with E-state index in [1.54, 1.807) is 0 Å². The lowest BCUT2D eigenvalue weighted by molar-refractivity contribution is 0.272. The second-order valence-corrected chi connectivity index (χ2v) is 6.23. The summed E-state index contributed by atoms with van der Waals surface area (Å²) in [5.41, 5.74) is 1.42. The molecule has 1 saturated carbocycles. The summed E-state index contributed by atoms with van der Waals surface area (Å²) in [6.45, 7) is 2.32. The van der Waals surface area contributed by atoms with E-state index in [4.69, 9.17) is 0 Å². The summed E-state index contributed by atoms with van der Waals surface area (Å²) in [6.07, 6.45) is 4.97. The Morgan fingerprint density at radius 2 is 2.25 bits per heavy atom. The molecule has 0 bridgehead atoms. The standard InChI is InChI=1S/C13H18BrNS/c1-16-8-7-15(13-5-6-13)10-11-3-2-4-12(14)9-11/h2-4,9,13H,5-8,10H2,1H3. The molecule has 0 spiro atoms. The van der Waals surface area contributed by atoms with E-state index in [-0.39, 0.29) is 0 Å². The number of rotatable bonds is 6. The van der Waals surface area contributed by atoms with Crippen molar-refractivity contribution in [2.75, 3.05) is 18.6 Å². The van der Waals surface area contributed by atoms with Crippen LogP contribution in [0.1, 0.15) is 18.4 Å². The van der Waals surface area contributed by atoms with Gasteiger partial charge in [-0.05, 0) is 36.8 Å². The molecular weight excluding hydrogens is 282 g/mol. The number of hydrogen-bond acceptors (Lipinski definition) is 2. The average molecular weight is 300 g/mol. The summed E-state index contributed by atoms with van der Waals surface area (Å²) in [6, 6.07) is 9.52. The predicted octanol–water partition coefficient (Wildman–Crippen LogP) is 3.78. The fourth-order valence-corrected chi connectivity index (χ4v) is 2.77. The number of benzene rings is 1. The first-order chi connectivity index (χ1) is 7.79. The first-order valence-corrected chi connectivity index (χ1v) is 7.95. The van der Waals surface area contributed by atoms with Gasteiger partial charge in [-0.15, -0.1) is 0 Å². The van der Waals surface area contributed by atoms with Crippen LogP contribution in [0.2, 0.25) is 0 Å². The van der Waals surface area contributed by atoms with Crippen LogP contribution in [-0.4, -0.2) is 29.5 Å². The Bertz CT molecular complexity index is 338. The minimum atomic E-state index is 0.853. The SMILES string of the molecule is CSCCN(Cc1cccc(Br)c1)C1CC1. The van der Waals surface area contributed by atoms with Crippen LogP contribution in [0.5, 0.6) is 0 Å². The average Bonchev–Trinajstić information content (AvgIpc) is 3.08. The van der Waals surface area contributed by atoms with Crippen molar-refractivity contribution in [2.24, 2.45) is 0 Å². The molecule has 1 aromatic rings. The molecule has 3 heteroatoms. The number of halogens is 1. The van der Waals surface area contributed by atoms with Gasteiger partial charge in [0.05, 0.1) is 0 Å². The quantitative estimate of drug-likeness (QED) is 0.786. The van der Waals surface area contributed by atoms with Crippen molar-refractivity contribution in [1.29, 1.82) is 0 Å². The van der Waals surface area contributed by atoms with E-state index in [9.17, 15) is 0 Å². The van der Waals surface area contributed by atoms with Crippen molar-refractivity contribution in [3.63, 3.8) is 0 Å². The van der Waals surface area contributed by atoms with Crippen molar-refractivity contribution in [2.45, 2.75) is 25.4 Å². The van der Waals surface area contributed by atoms with Crippen LogP contribution in [0.4, 0.5) is 0 Å². The molecule has 0 radical (unpaired) electrons. The zero-order valence-corrected chi connectivity index (χ0v) is 12.1. The van der Waals surface area contributed by atoms with E-state index in [1.165, 1.54) is 35.2 Å². The third-order valence-electron chi connectivity index (χ3n) is 2.92. The summed E-state index contributed by atoms with van der Waals surface area (Å²) in [5, 5.41) is 0. The Balaban J connectivity index is 1.94. The van der Waals surface area contributed by atoms with Gasteiger partial charge in [0, 0.05) is 29.4 Å². The number of nitrogens with zero attached hydrogens (tertiary/aromatic N) is 1. The number of thioether (sulfide) groups is 1. The zero-order chi connectivity index (χ0) is 11.4. The Labute approximate surface area is 111 Å². The molecule has 0 amide bonds. The predicted molar refractivity (Wildman–Crippen MR) is 76.0 cm³/mol. The first-order valence-electron chi connectivity index (χ1n) is 5.77. The van der Waals surface area contributed by atoms with Gasteiger partial charge in [-0.1, -0.05) is 28.1 Å². The van der Waals surface area contributed by atoms with Gasteiger partial charge < -0.3 is 0 Å². The van der Waals surface area contributed by atoms with Gasteiger partial charge in [0.25, 0.3) is 0 Å². The molecule has 0 aromatic heterocycles. The van der Waals surface area contributed by atoms with Gasteiger partial charge in [-0.3, -0.25) is 4.90 Å². The van der Waals surface area contributed by atoms with Gasteiger partial charge >= 0.3 is 0 Å². The Hall–Kier alpha value is 0.01000. The lowest BCUT2D eigenvalue weighted by Gasteiger charge is -2.21. The third-order valence-corrected chi connectivity index (χ3v) is 4.00. The lowest BCUT2D eigenvalue weighted by atomic mass is 10.2. The second-order valence-electron chi connectivity index (χ2n) is 4.32. The van der Waals surface area contributed by atoms with Crippen LogP contribution in [0, 0.1) is 0 Å². The molecular formula is C13H18BrNS. The molecule has 16 heavy (non-hydrogen) atoms. The van der Waals surface area contributed by atoms with Gasteiger partial charge in [0.1, 0.15) is 0 Å². The highest BCUT2D eigenvalue weighted by Crippen LogP contribution is 2.28. The largest absolute Gasteiger partial charge is 0.295 e. The van der Waals surface area contributed by atoms with Crippen LogP contribution in [-0.2, 0) is 6.54 Å². The monoisotopic (exact) mass is 299 g/mol. The van der Waals surface area contributed by atoms with E-state index in [2.05, 4.69) is 51.4 Å². The highest BCUT2D eigenvalue weighted by Gasteiger charge is 2.28. The molecule has 0 aliphatic heterocycles. The van der Waals surface area contributed by atoms with E-state index in [1.807, 2.05) is 11.8 Å². The van der Waals surface area contributed by atoms with Crippen LogP contribution in [0.15, 0.2) is 28.7 Å². The van der Waals surface area contributed by atoms with Crippen molar-refractivity contribution in [3.8, 4) is 0 Å². The maximum atomic E-state index is 3.53. The van der Waals surface area contributed by atoms with Crippen LogP contribution >= 0.6 is 27.7 Å². The fraction of sp³-hybridized carbons (Fsp3) is 0.538. The van der Waals surface area contributed by atoms with E-state index in [0.29, 0.717) is 0 Å². The summed E-state index contributed by atoms with van der Waals surface area (Å²) in [5.74, 6) is 1.24. The minimum Gasteiger partial charge on any atom is -0.295 e. The molecule has 0 atom stereocenters. The van der Waals surface area contributed by atoms with E-state index in [0.717, 1.165) is 12.6 Å². The topological polar surface area (TPSA) is 3.24 Å². The van der Waals surface area contributed by atoms with E-state index < -0.39 is 0 Å². The van der Waals surface area contributed by atoms with Crippen molar-refractivity contribution < 1.29 is 0 Å². The number of hydrogen-bond donors (Lipinski definition) is 0. The summed E-state index contributed by atoms with van der Waals surface area (Å²) < 4.78 is 1.19. The molecule has 0 heterocycles. The molecule has 88 valence electrons. The minimum absolute atomic E-state index is 0.853. The van der Waals surface area contributed by atoms with Crippen molar-refractivity contribution in [1.82, 2.24) is 4.90 Å². The van der Waals surface area contributed by atoms with Gasteiger partial charge in [-0.25, -0.2) is 0 Å². The molecule has 1 aromatic carbocycles. The maximum Gasteiger partial charge on any atom is 0.0237 e. The molecule has 0 saturated heterocycles. The normalized spacial score (nSPS) is 15.7. The smallest absolute Gasteiger partial charge is 0.0237 e. The van der Waals surface area contributed by atoms with Gasteiger partial charge in [0.2, 0.25) is 0 Å². The Morgan fingerprint density at radius 3 is 2.88 bits per heavy atom. The highest BCUT2D eigenvalue weighted by molar-refractivity contribution is 9.10. The summed E-state index contributed by atoms with van der Waals surface area (Å²) in [7, 11) is 0. The third kappa shape index (κ3) is 3.79. The molecule has 1 aliphatic rings. The Kier molecular flexibility index (Phi) is 4.74. The molecule has 0 unspecified atom stereocenters. The second kappa shape index (κ2) is 6.08. The van der Waals surface area contributed by atoms with Gasteiger partial charge in [0.15, 0.2) is 0 Å². The Morgan fingerprint density at radius 1 is 1.44 bits per heavy atom. The maximum absolute atomic E-state index is 3.53. The van der Waals surface area contributed by atoms with Crippen LogP contribution in [0.3, 0.4) is 0 Å². The molecule has 1 aliphatic carbocycles. The van der Waals surface area contributed by atoms with Crippen LogP contribution < -0.4 is 0 Å². The lowest BCUT2D eigenvalue weighted by Crippen LogP contribution is -2.27. The van der Waals surface area contributed by atoms with E-state index >= 15 is 0 Å². The molecule has 2 rings (SSSR count). The molecule has 0 N–H and O–H groups in total. The summed E-state index contributed by atoms with van der Waals surface area (Å²) >= 11 is 5.47. The summed E-state index contributed by atoms with van der Waals surface area (Å²) in [4.78, 5) is 2.62. The first kappa shape index (κ1) is 12.5. The van der Waals surface area contributed by atoms with Crippen LogP contribution in [0.25, 0.3) is 0 Å². The highest BCUT2D eigenvalue weighted by atomic mass is 79.9. The van der Waals surface area contributed by atoms with Crippen molar-refractivity contribution in [3.05, 3.63) is 34.3 Å². The molecule has 1 fully saturated rings. The fourth-order valence-electron chi connectivity index (χ4n) is 1.91. The van der Waals surface area contributed by atoms with Crippen molar-refractivity contribution >= 4 is 27.7 Å². The van der Waals surface area contributed by atoms with Gasteiger partial charge in [-0.2, -0.15) is 11.8 Å².